The fourth-order valence-corrected chi connectivity index (χ4v) is 2.87. The topological polar surface area (TPSA) is 112 Å². The van der Waals surface area contributed by atoms with Gasteiger partial charge in [-0.1, -0.05) is 13.8 Å². The van der Waals surface area contributed by atoms with E-state index in [-0.39, 0.29) is 17.2 Å². The predicted octanol–water partition coefficient (Wildman–Crippen LogP) is 0.496. The van der Waals surface area contributed by atoms with Crippen LogP contribution < -0.4 is 4.72 Å². The van der Waals surface area contributed by atoms with Gasteiger partial charge in [-0.3, -0.25) is 9.89 Å². The van der Waals surface area contributed by atoms with Crippen LogP contribution in [0.15, 0.2) is 11.1 Å². The number of aromatic amines is 1. The minimum atomic E-state index is -3.86. The Bertz CT molecular complexity index is 521. The second-order valence-corrected chi connectivity index (χ2v) is 6.18. The van der Waals surface area contributed by atoms with E-state index in [9.17, 15) is 13.2 Å². The monoisotopic (exact) mass is 275 g/mol. The number of aromatic nitrogens is 2. The molecule has 1 rings (SSSR count). The second-order valence-electron chi connectivity index (χ2n) is 4.50. The van der Waals surface area contributed by atoms with E-state index < -0.39 is 22.0 Å². The van der Waals surface area contributed by atoms with Gasteiger partial charge in [-0.25, -0.2) is 8.42 Å². The van der Waals surface area contributed by atoms with Gasteiger partial charge in [0.05, 0.1) is 11.9 Å². The van der Waals surface area contributed by atoms with Gasteiger partial charge in [0.25, 0.3) is 0 Å². The number of carboxylic acid groups (broad SMARTS) is 1. The van der Waals surface area contributed by atoms with Gasteiger partial charge in [-0.05, 0) is 19.3 Å². The molecular weight excluding hydrogens is 258 g/mol. The summed E-state index contributed by atoms with van der Waals surface area (Å²) in [5.74, 6) is -1.12. The Labute approximate surface area is 106 Å². The largest absolute Gasteiger partial charge is 0.480 e. The molecular formula is C10H17N3O4S. The first kappa shape index (κ1) is 14.7. The molecule has 0 radical (unpaired) electrons. The van der Waals surface area contributed by atoms with Crippen LogP contribution in [0.5, 0.6) is 0 Å². The Balaban J connectivity index is 2.94. The predicted molar refractivity (Wildman–Crippen MR) is 64.5 cm³/mol. The highest BCUT2D eigenvalue weighted by Crippen LogP contribution is 2.14. The fraction of sp³-hybridized carbons (Fsp3) is 0.600. The first-order valence-electron chi connectivity index (χ1n) is 5.49. The molecule has 1 heterocycles. The highest BCUT2D eigenvalue weighted by molar-refractivity contribution is 7.89. The molecule has 7 nitrogen and oxygen atoms in total. The zero-order valence-electron chi connectivity index (χ0n) is 10.5. The third-order valence-electron chi connectivity index (χ3n) is 2.38. The summed E-state index contributed by atoms with van der Waals surface area (Å²) in [4.78, 5) is 11.0. The average molecular weight is 275 g/mol. The number of rotatable bonds is 6. The summed E-state index contributed by atoms with van der Waals surface area (Å²) >= 11 is 0. The molecule has 0 aliphatic carbocycles. The maximum Gasteiger partial charge on any atom is 0.321 e. The number of hydrogen-bond donors (Lipinski definition) is 3. The zero-order chi connectivity index (χ0) is 13.9. The highest BCUT2D eigenvalue weighted by atomic mass is 32.2. The van der Waals surface area contributed by atoms with Gasteiger partial charge in [-0.2, -0.15) is 9.82 Å². The van der Waals surface area contributed by atoms with E-state index in [2.05, 4.69) is 14.9 Å². The molecule has 102 valence electrons. The van der Waals surface area contributed by atoms with Crippen LogP contribution in [0.25, 0.3) is 0 Å². The second kappa shape index (κ2) is 5.49. The number of aryl methyl sites for hydroxylation is 1. The van der Waals surface area contributed by atoms with E-state index in [4.69, 9.17) is 5.11 Å². The number of nitrogens with one attached hydrogen (secondary N) is 2. The SMILES string of the molecule is Cc1[nH]ncc1S(=O)(=O)N[C@@H](CC(C)C)C(=O)O. The van der Waals surface area contributed by atoms with Crippen molar-refractivity contribution < 1.29 is 18.3 Å². The number of hydrogen-bond acceptors (Lipinski definition) is 4. The Kier molecular flexibility index (Phi) is 4.47. The number of carboxylic acids is 1. The maximum absolute atomic E-state index is 12.0. The molecule has 18 heavy (non-hydrogen) atoms. The van der Waals surface area contributed by atoms with E-state index >= 15 is 0 Å². The van der Waals surface area contributed by atoms with Crippen molar-refractivity contribution in [2.75, 3.05) is 0 Å². The summed E-state index contributed by atoms with van der Waals surface area (Å²) in [6, 6.07) is -1.13. The fourth-order valence-electron chi connectivity index (χ4n) is 1.53. The van der Waals surface area contributed by atoms with Crippen molar-refractivity contribution in [2.45, 2.75) is 38.1 Å². The molecule has 0 amide bonds. The molecule has 0 fully saturated rings. The molecule has 0 saturated heterocycles. The van der Waals surface area contributed by atoms with Crippen LogP contribution in [0.1, 0.15) is 26.0 Å². The molecule has 0 bridgehead atoms. The lowest BCUT2D eigenvalue weighted by atomic mass is 10.1. The number of sulfonamides is 1. The molecule has 1 aromatic heterocycles. The Hall–Kier alpha value is -1.41. The van der Waals surface area contributed by atoms with Crippen LogP contribution in [0.3, 0.4) is 0 Å². The van der Waals surface area contributed by atoms with Crippen molar-refractivity contribution in [1.82, 2.24) is 14.9 Å². The number of H-pyrrole nitrogens is 1. The molecule has 1 atom stereocenters. The van der Waals surface area contributed by atoms with Crippen molar-refractivity contribution in [1.29, 1.82) is 0 Å². The van der Waals surface area contributed by atoms with Crippen LogP contribution >= 0.6 is 0 Å². The quantitative estimate of drug-likeness (QED) is 0.699. The van der Waals surface area contributed by atoms with Gasteiger partial charge in [0.2, 0.25) is 10.0 Å². The average Bonchev–Trinajstić information content (AvgIpc) is 2.62. The standard InChI is InChI=1S/C10H17N3O4S/c1-6(2)4-8(10(14)15)13-18(16,17)9-5-11-12-7(9)3/h5-6,8,13H,4H2,1-3H3,(H,11,12)(H,14,15)/t8-/m0/s1. The lowest BCUT2D eigenvalue weighted by Gasteiger charge is -2.16. The van der Waals surface area contributed by atoms with E-state index in [0.29, 0.717) is 5.69 Å². The molecule has 0 aliphatic rings. The summed E-state index contributed by atoms with van der Waals surface area (Å²) in [7, 11) is -3.86. The van der Waals surface area contributed by atoms with Gasteiger partial charge in [0, 0.05) is 0 Å². The first-order valence-corrected chi connectivity index (χ1v) is 6.97. The van der Waals surface area contributed by atoms with Gasteiger partial charge >= 0.3 is 5.97 Å². The summed E-state index contributed by atoms with van der Waals surface area (Å²) in [5.41, 5.74) is 0.371. The Morgan fingerprint density at radius 2 is 2.17 bits per heavy atom. The smallest absolute Gasteiger partial charge is 0.321 e. The summed E-state index contributed by atoms with van der Waals surface area (Å²) in [6.45, 7) is 5.21. The van der Waals surface area contributed by atoms with Crippen LogP contribution in [0.4, 0.5) is 0 Å². The molecule has 1 aromatic rings. The lowest BCUT2D eigenvalue weighted by molar-refractivity contribution is -0.139. The molecule has 0 saturated carbocycles. The molecule has 0 unspecified atom stereocenters. The van der Waals surface area contributed by atoms with Gasteiger partial charge in [-0.15, -0.1) is 0 Å². The summed E-state index contributed by atoms with van der Waals surface area (Å²) in [5, 5.41) is 15.1. The maximum atomic E-state index is 12.0. The van der Waals surface area contributed by atoms with E-state index in [0.717, 1.165) is 6.20 Å². The molecule has 8 heteroatoms. The summed E-state index contributed by atoms with van der Waals surface area (Å²) in [6.07, 6.45) is 1.39. The number of aliphatic carboxylic acids is 1. The van der Waals surface area contributed by atoms with Crippen molar-refractivity contribution in [3.8, 4) is 0 Å². The van der Waals surface area contributed by atoms with Crippen LogP contribution in [0, 0.1) is 12.8 Å². The van der Waals surface area contributed by atoms with Crippen molar-refractivity contribution in [3.05, 3.63) is 11.9 Å². The number of nitrogens with zero attached hydrogens (tertiary/aromatic N) is 1. The van der Waals surface area contributed by atoms with Crippen molar-refractivity contribution >= 4 is 16.0 Å². The van der Waals surface area contributed by atoms with Gasteiger partial charge in [0.15, 0.2) is 0 Å². The van der Waals surface area contributed by atoms with Crippen LogP contribution in [0.2, 0.25) is 0 Å². The third kappa shape index (κ3) is 3.54. The van der Waals surface area contributed by atoms with Gasteiger partial charge in [0.1, 0.15) is 10.9 Å². The van der Waals surface area contributed by atoms with E-state index in [1.165, 1.54) is 0 Å². The van der Waals surface area contributed by atoms with E-state index in [1.54, 1.807) is 6.92 Å². The normalized spacial score (nSPS) is 13.8. The Morgan fingerprint density at radius 1 is 1.56 bits per heavy atom. The van der Waals surface area contributed by atoms with Crippen LogP contribution in [-0.4, -0.2) is 35.7 Å². The highest BCUT2D eigenvalue weighted by Gasteiger charge is 2.27. The minimum absolute atomic E-state index is 0.0301. The van der Waals surface area contributed by atoms with Crippen molar-refractivity contribution in [3.63, 3.8) is 0 Å². The molecule has 3 N–H and O–H groups in total. The molecule has 0 aliphatic heterocycles. The first-order chi connectivity index (χ1) is 8.24. The summed E-state index contributed by atoms with van der Waals surface area (Å²) < 4.78 is 26.1. The Morgan fingerprint density at radius 3 is 2.56 bits per heavy atom. The number of carbonyl (C=O) groups is 1. The molecule has 0 aromatic carbocycles. The third-order valence-corrected chi connectivity index (χ3v) is 3.96. The van der Waals surface area contributed by atoms with Gasteiger partial charge < -0.3 is 5.11 Å². The zero-order valence-corrected chi connectivity index (χ0v) is 11.3. The van der Waals surface area contributed by atoms with Crippen LogP contribution in [-0.2, 0) is 14.8 Å². The van der Waals surface area contributed by atoms with E-state index in [1.807, 2.05) is 13.8 Å². The minimum Gasteiger partial charge on any atom is -0.480 e. The molecule has 0 spiro atoms. The van der Waals surface area contributed by atoms with Crippen molar-refractivity contribution in [2.24, 2.45) is 5.92 Å². The lowest BCUT2D eigenvalue weighted by Crippen LogP contribution is -2.41.